The van der Waals surface area contributed by atoms with Gasteiger partial charge in [0.1, 0.15) is 30.2 Å². The third-order valence-electron chi connectivity index (χ3n) is 13.6. The molecule has 3 fully saturated rings. The number of fused-ring (bicyclic) bond motifs is 2. The summed E-state index contributed by atoms with van der Waals surface area (Å²) in [4.78, 5) is 63.5. The molecule has 4 aromatic heterocycles. The van der Waals surface area contributed by atoms with Crippen molar-refractivity contribution in [3.63, 3.8) is 0 Å². The van der Waals surface area contributed by atoms with E-state index in [2.05, 4.69) is 77.7 Å². The summed E-state index contributed by atoms with van der Waals surface area (Å²) in [5.41, 5.74) is 8.42. The molecule has 384 valence electrons. The summed E-state index contributed by atoms with van der Waals surface area (Å²) in [7, 11) is 5.67. The molecular weight excluding hydrogens is 909 g/mol. The van der Waals surface area contributed by atoms with E-state index in [4.69, 9.17) is 14.5 Å². The predicted octanol–water partition coefficient (Wildman–Crippen LogP) is 6.17. The Labute approximate surface area is 425 Å². The van der Waals surface area contributed by atoms with Gasteiger partial charge in [0.25, 0.3) is 5.91 Å². The highest BCUT2D eigenvalue weighted by Crippen LogP contribution is 2.33. The maximum absolute atomic E-state index is 12.6. The van der Waals surface area contributed by atoms with E-state index in [1.807, 2.05) is 63.8 Å². The molecule has 2 N–H and O–H groups in total. The molecule has 17 nitrogen and oxygen atoms in total. The Morgan fingerprint density at radius 2 is 1.64 bits per heavy atom. The number of carbonyl (C=O) groups excluding carboxylic acids is 4. The molecule has 4 aliphatic rings. The second kappa shape index (κ2) is 28.3. The van der Waals surface area contributed by atoms with Crippen molar-refractivity contribution < 1.29 is 23.9 Å². The number of hydrogen-bond acceptors (Lipinski definition) is 14. The third kappa shape index (κ3) is 15.1. The minimum Gasteiger partial charge on any atom is -0.492 e. The number of aryl methyl sites for hydroxylation is 1. The van der Waals surface area contributed by atoms with Gasteiger partial charge in [-0.3, -0.25) is 19.5 Å². The zero-order valence-electron chi connectivity index (χ0n) is 43.0. The van der Waals surface area contributed by atoms with E-state index >= 15 is 0 Å². The van der Waals surface area contributed by atoms with Gasteiger partial charge in [0.2, 0.25) is 6.41 Å². The molecule has 0 spiro atoms. The highest BCUT2D eigenvalue weighted by atomic mass is 16.5. The summed E-state index contributed by atoms with van der Waals surface area (Å²) < 4.78 is 7.98. The van der Waals surface area contributed by atoms with Crippen molar-refractivity contribution in [2.45, 2.75) is 84.3 Å². The van der Waals surface area contributed by atoms with E-state index in [9.17, 15) is 19.6 Å². The largest absolute Gasteiger partial charge is 0.492 e. The number of rotatable bonds is 16. The number of piperidine rings is 2. The number of ether oxygens (including phenoxy) is 1. The lowest BCUT2D eigenvalue weighted by atomic mass is 9.98. The normalized spacial score (nSPS) is 16.4. The molecule has 0 radical (unpaired) electrons. The smallest absolute Gasteiger partial charge is 0.255 e. The van der Waals surface area contributed by atoms with Crippen LogP contribution in [0, 0.1) is 24.2 Å². The first-order valence-electron chi connectivity index (χ1n) is 25.5. The van der Waals surface area contributed by atoms with Gasteiger partial charge in [-0.15, -0.1) is 0 Å². The van der Waals surface area contributed by atoms with Crippen LogP contribution in [-0.4, -0.2) is 152 Å². The number of aldehydes is 2. The van der Waals surface area contributed by atoms with Crippen LogP contribution in [0.4, 0.5) is 11.5 Å². The standard InChI is InChI=1S/C25H30N6O.C20H27N3O3.C8H12N2.C2H5NO/c1-29-11-7-19(8-12-29)18-32-22-13-23(25-21(14-26)16-28-31(25)17-22)20-5-6-24(27-15-20)30-9-3-2-4-10-30;1-2-4-18(15-25)23-14-16-13-17(5-6-19(16)20(23)26)22-10-8-21(9-11-22)7-3-12-24;1-7-3-4-8(5-9-2)6-10-7;1-3-2-4/h5-6,13,15-17,19H,2-4,7-12,18H2,1H3;5-6,12-13,15,18H,2-4,7-11,14H2,1H3;3-4,6,9H,5H2,1-2H3;2H,1H3,(H,3,4). The Morgan fingerprint density at radius 3 is 2.26 bits per heavy atom. The quantitative estimate of drug-likeness (QED) is 0.107. The maximum Gasteiger partial charge on any atom is 0.255 e. The van der Waals surface area contributed by atoms with Crippen molar-refractivity contribution in [1.29, 1.82) is 5.26 Å². The van der Waals surface area contributed by atoms with Gasteiger partial charge < -0.3 is 44.6 Å². The number of nitrogens with one attached hydrogen (secondary N) is 2. The molecule has 0 saturated carbocycles. The van der Waals surface area contributed by atoms with Crippen LogP contribution in [0.15, 0.2) is 73.3 Å². The maximum atomic E-state index is 12.6. The topological polar surface area (TPSA) is 185 Å². The molecule has 0 aliphatic carbocycles. The summed E-state index contributed by atoms with van der Waals surface area (Å²) in [6.07, 6.45) is 18.0. The van der Waals surface area contributed by atoms with Crippen molar-refractivity contribution in [3.8, 4) is 22.9 Å². The third-order valence-corrected chi connectivity index (χ3v) is 13.6. The number of benzene rings is 1. The molecular formula is C55H74N12O5. The Bertz CT molecular complexity index is 2520. The van der Waals surface area contributed by atoms with Gasteiger partial charge in [0.05, 0.1) is 36.1 Å². The molecule has 3 saturated heterocycles. The highest BCUT2D eigenvalue weighted by molar-refractivity contribution is 6.00. The summed E-state index contributed by atoms with van der Waals surface area (Å²) >= 11 is 0. The van der Waals surface area contributed by atoms with E-state index < -0.39 is 0 Å². The van der Waals surface area contributed by atoms with Gasteiger partial charge in [-0.25, -0.2) is 9.50 Å². The first-order chi connectivity index (χ1) is 35.1. The Morgan fingerprint density at radius 1 is 0.875 bits per heavy atom. The fourth-order valence-electron chi connectivity index (χ4n) is 9.44. The van der Waals surface area contributed by atoms with E-state index in [-0.39, 0.29) is 11.9 Å². The van der Waals surface area contributed by atoms with Crippen LogP contribution in [0.2, 0.25) is 0 Å². The molecule has 0 bridgehead atoms. The van der Waals surface area contributed by atoms with Crippen molar-refractivity contribution in [1.82, 2.24) is 44.9 Å². The lowest BCUT2D eigenvalue weighted by molar-refractivity contribution is -0.112. The second-order valence-electron chi connectivity index (χ2n) is 18.9. The molecule has 72 heavy (non-hydrogen) atoms. The van der Waals surface area contributed by atoms with Gasteiger partial charge >= 0.3 is 0 Å². The fourth-order valence-corrected chi connectivity index (χ4v) is 9.44. The second-order valence-corrected chi connectivity index (χ2v) is 18.9. The molecule has 4 aliphatic heterocycles. The fraction of sp³-hybridized carbons (Fsp3) is 0.491. The van der Waals surface area contributed by atoms with E-state index in [0.29, 0.717) is 43.9 Å². The van der Waals surface area contributed by atoms with Gasteiger partial charge in [0.15, 0.2) is 0 Å². The zero-order chi connectivity index (χ0) is 51.2. The monoisotopic (exact) mass is 983 g/mol. The van der Waals surface area contributed by atoms with E-state index in [1.54, 1.807) is 22.7 Å². The van der Waals surface area contributed by atoms with Crippen molar-refractivity contribution in [2.24, 2.45) is 5.92 Å². The molecule has 5 aromatic rings. The predicted molar refractivity (Wildman–Crippen MR) is 282 cm³/mol. The van der Waals surface area contributed by atoms with Crippen LogP contribution in [0.25, 0.3) is 16.6 Å². The van der Waals surface area contributed by atoms with Gasteiger partial charge in [-0.1, -0.05) is 19.4 Å². The molecule has 2 amide bonds. The van der Waals surface area contributed by atoms with Crippen molar-refractivity contribution in [3.05, 3.63) is 101 Å². The Hall–Kier alpha value is -6.74. The SMILES string of the molecule is CCCC(C=O)N1Cc2cc(N3CCN(CCC=O)CC3)ccc2C1=O.CN1CCC(COc2cc(-c3ccc(N4CCCCC4)nc3)c3c(C#N)cnn3c2)CC1.CNC=O.CNCc1ccc(C)nc1. The highest BCUT2D eigenvalue weighted by Gasteiger charge is 2.33. The lowest BCUT2D eigenvalue weighted by Crippen LogP contribution is -2.46. The van der Waals surface area contributed by atoms with Crippen molar-refractivity contribution >= 4 is 41.9 Å². The first kappa shape index (κ1) is 54.6. The van der Waals surface area contributed by atoms with Gasteiger partial charge in [-0.2, -0.15) is 10.4 Å². The number of carbonyl (C=O) groups is 4. The first-order valence-corrected chi connectivity index (χ1v) is 25.5. The minimum absolute atomic E-state index is 0.0317. The molecule has 1 unspecified atom stereocenters. The molecule has 17 heteroatoms. The van der Waals surface area contributed by atoms with Crippen LogP contribution in [0.3, 0.4) is 0 Å². The lowest BCUT2D eigenvalue weighted by Gasteiger charge is -2.36. The minimum atomic E-state index is -0.329. The number of piperazine rings is 1. The average Bonchev–Trinajstić information content (AvgIpc) is 4.00. The van der Waals surface area contributed by atoms with Crippen LogP contribution in [0.5, 0.6) is 5.75 Å². The van der Waals surface area contributed by atoms with E-state index in [0.717, 1.165) is 148 Å². The van der Waals surface area contributed by atoms with E-state index in [1.165, 1.54) is 24.8 Å². The number of nitrogens with zero attached hydrogens (tertiary/aromatic N) is 10. The Balaban J connectivity index is 0.000000189. The number of anilines is 2. The number of nitriles is 1. The van der Waals surface area contributed by atoms with Gasteiger partial charge in [-0.05, 0) is 132 Å². The average molecular weight is 983 g/mol. The molecule has 8 heterocycles. The Kier molecular flexibility index (Phi) is 21.5. The van der Waals surface area contributed by atoms with Crippen molar-refractivity contribution in [2.75, 3.05) is 96.5 Å². The van der Waals surface area contributed by atoms with Crippen LogP contribution < -0.4 is 25.2 Å². The summed E-state index contributed by atoms with van der Waals surface area (Å²) in [6.45, 7) is 15.1. The van der Waals surface area contributed by atoms with Crippen LogP contribution >= 0.6 is 0 Å². The summed E-state index contributed by atoms with van der Waals surface area (Å²) in [6, 6.07) is 18.3. The summed E-state index contributed by atoms with van der Waals surface area (Å²) in [5.74, 6) is 2.34. The molecule has 1 aromatic carbocycles. The number of aromatic nitrogens is 4. The number of likely N-dealkylation sites (tertiary alicyclic amines) is 1. The molecule has 9 rings (SSSR count). The van der Waals surface area contributed by atoms with Gasteiger partial charge in [0, 0.05) is 113 Å². The molecule has 1 atom stereocenters. The number of hydrogen-bond donors (Lipinski definition) is 2. The summed E-state index contributed by atoms with van der Waals surface area (Å²) in [5, 5.41) is 19.3. The zero-order valence-corrected chi connectivity index (χ0v) is 43.0. The van der Waals surface area contributed by atoms with Crippen LogP contribution in [0.1, 0.15) is 91.0 Å². The number of amides is 2. The number of pyridine rings is 3. The van der Waals surface area contributed by atoms with Crippen LogP contribution in [-0.2, 0) is 27.5 Å².